The molecule has 0 aromatic rings. The van der Waals surface area contributed by atoms with E-state index >= 15 is 0 Å². The summed E-state index contributed by atoms with van der Waals surface area (Å²) in [5.74, 6) is -1.000. The number of hydrogen-bond acceptors (Lipinski definition) is 6. The molecular formula is C14H26N2O6S2. The Labute approximate surface area is 144 Å². The summed E-state index contributed by atoms with van der Waals surface area (Å²) in [5.41, 5.74) is 0. The normalized spacial score (nSPS) is 25.2. The van der Waals surface area contributed by atoms with Crippen molar-refractivity contribution in [1.82, 2.24) is 9.80 Å². The third-order valence-corrected chi connectivity index (χ3v) is 7.44. The van der Waals surface area contributed by atoms with Gasteiger partial charge in [-0.05, 0) is 27.7 Å². The van der Waals surface area contributed by atoms with Crippen molar-refractivity contribution in [3.05, 3.63) is 0 Å². The lowest BCUT2D eigenvalue weighted by molar-refractivity contribution is -0.145. The molecule has 1 aliphatic rings. The number of carbonyl (C=O) groups is 2. The van der Waals surface area contributed by atoms with Crippen LogP contribution in [0.4, 0.5) is 0 Å². The zero-order chi connectivity index (χ0) is 19.0. The van der Waals surface area contributed by atoms with Crippen molar-refractivity contribution in [2.45, 2.75) is 50.3 Å². The molecule has 0 spiro atoms. The second-order valence-electron chi connectivity index (χ2n) is 6.63. The summed E-state index contributed by atoms with van der Waals surface area (Å²) in [6, 6.07) is -0.803. The molecule has 0 radical (unpaired) electrons. The molecule has 2 amide bonds. The van der Waals surface area contributed by atoms with E-state index in [9.17, 15) is 26.4 Å². The minimum atomic E-state index is -3.51. The first kappa shape index (κ1) is 20.9. The summed E-state index contributed by atoms with van der Waals surface area (Å²) in [5, 5.41) is -2.30. The van der Waals surface area contributed by atoms with Crippen LogP contribution in [0.3, 0.4) is 0 Å². The maximum atomic E-state index is 12.5. The van der Waals surface area contributed by atoms with Crippen LogP contribution < -0.4 is 0 Å². The first-order valence-electron chi connectivity index (χ1n) is 7.66. The van der Waals surface area contributed by atoms with Crippen molar-refractivity contribution in [3.63, 3.8) is 0 Å². The molecule has 140 valence electrons. The molecule has 2 unspecified atom stereocenters. The van der Waals surface area contributed by atoms with Gasteiger partial charge in [-0.2, -0.15) is 0 Å². The molecule has 24 heavy (non-hydrogen) atoms. The molecule has 1 fully saturated rings. The highest BCUT2D eigenvalue weighted by atomic mass is 32.2. The van der Waals surface area contributed by atoms with Gasteiger partial charge in [0.05, 0.1) is 0 Å². The first-order valence-corrected chi connectivity index (χ1v) is 11.6. The summed E-state index contributed by atoms with van der Waals surface area (Å²) in [7, 11) is -7.01. The minimum Gasteiger partial charge on any atom is -0.337 e. The molecule has 4 atom stereocenters. The zero-order valence-corrected chi connectivity index (χ0v) is 16.5. The fraction of sp³-hybridized carbons (Fsp3) is 0.857. The Kier molecular flexibility index (Phi) is 6.08. The van der Waals surface area contributed by atoms with E-state index in [1.165, 1.54) is 23.6 Å². The molecule has 1 rings (SSSR count). The van der Waals surface area contributed by atoms with E-state index in [4.69, 9.17) is 0 Å². The monoisotopic (exact) mass is 382 g/mol. The summed E-state index contributed by atoms with van der Waals surface area (Å²) in [4.78, 5) is 27.7. The molecule has 0 bridgehead atoms. The van der Waals surface area contributed by atoms with Gasteiger partial charge < -0.3 is 9.80 Å². The molecular weight excluding hydrogens is 356 g/mol. The van der Waals surface area contributed by atoms with E-state index in [1.54, 1.807) is 13.8 Å². The van der Waals surface area contributed by atoms with Gasteiger partial charge in [-0.3, -0.25) is 9.59 Å². The van der Waals surface area contributed by atoms with Crippen LogP contribution in [0.5, 0.6) is 0 Å². The number of hydrogen-bond donors (Lipinski definition) is 0. The Morgan fingerprint density at radius 2 is 1.17 bits per heavy atom. The van der Waals surface area contributed by atoms with Gasteiger partial charge in [-0.1, -0.05) is 0 Å². The van der Waals surface area contributed by atoms with Gasteiger partial charge in [-0.25, -0.2) is 16.8 Å². The number of amides is 2. The van der Waals surface area contributed by atoms with Crippen LogP contribution in [-0.2, 0) is 29.3 Å². The smallest absolute Gasteiger partial charge is 0.241 e. The fourth-order valence-electron chi connectivity index (χ4n) is 2.77. The number of nitrogens with zero attached hydrogens (tertiary/aromatic N) is 2. The SMILES string of the molecule is CC(C(=O)N1C[C@@H](C)N(C(=O)C(C)S(C)(=O)=O)[C@@H](C)C1)S(C)(=O)=O. The third-order valence-electron chi connectivity index (χ3n) is 4.47. The predicted molar refractivity (Wildman–Crippen MR) is 91.0 cm³/mol. The van der Waals surface area contributed by atoms with E-state index in [2.05, 4.69) is 0 Å². The quantitative estimate of drug-likeness (QED) is 0.636. The van der Waals surface area contributed by atoms with Crippen molar-refractivity contribution in [2.24, 2.45) is 0 Å². The van der Waals surface area contributed by atoms with Crippen molar-refractivity contribution in [2.75, 3.05) is 25.6 Å². The van der Waals surface area contributed by atoms with Gasteiger partial charge in [0, 0.05) is 37.7 Å². The lowest BCUT2D eigenvalue weighted by atomic mass is 10.1. The Morgan fingerprint density at radius 1 is 0.833 bits per heavy atom. The van der Waals surface area contributed by atoms with Crippen LogP contribution >= 0.6 is 0 Å². The molecule has 0 saturated carbocycles. The van der Waals surface area contributed by atoms with E-state index in [1.807, 2.05) is 0 Å². The topological polar surface area (TPSA) is 109 Å². The van der Waals surface area contributed by atoms with Crippen molar-refractivity contribution < 1.29 is 26.4 Å². The number of piperazine rings is 1. The average molecular weight is 383 g/mol. The van der Waals surface area contributed by atoms with Crippen LogP contribution in [0.15, 0.2) is 0 Å². The Balaban J connectivity index is 2.96. The van der Waals surface area contributed by atoms with Gasteiger partial charge >= 0.3 is 0 Å². The van der Waals surface area contributed by atoms with Gasteiger partial charge in [-0.15, -0.1) is 0 Å². The van der Waals surface area contributed by atoms with Gasteiger partial charge in [0.2, 0.25) is 11.8 Å². The second-order valence-corrected chi connectivity index (χ2v) is 11.4. The molecule has 8 nitrogen and oxygen atoms in total. The molecule has 1 heterocycles. The van der Waals surface area contributed by atoms with E-state index in [0.29, 0.717) is 0 Å². The number of rotatable bonds is 4. The average Bonchev–Trinajstić information content (AvgIpc) is 2.41. The van der Waals surface area contributed by atoms with Crippen LogP contribution in [0.25, 0.3) is 0 Å². The highest BCUT2D eigenvalue weighted by Gasteiger charge is 2.40. The fourth-order valence-corrected chi connectivity index (χ4v) is 3.77. The highest BCUT2D eigenvalue weighted by Crippen LogP contribution is 2.20. The van der Waals surface area contributed by atoms with Gasteiger partial charge in [0.15, 0.2) is 19.7 Å². The van der Waals surface area contributed by atoms with Crippen molar-refractivity contribution in [3.8, 4) is 0 Å². The Morgan fingerprint density at radius 3 is 1.50 bits per heavy atom. The zero-order valence-electron chi connectivity index (χ0n) is 14.9. The molecule has 0 N–H and O–H groups in total. The summed E-state index contributed by atoms with van der Waals surface area (Å²) in [6.07, 6.45) is 2.02. The lowest BCUT2D eigenvalue weighted by Crippen LogP contribution is -2.63. The standard InChI is InChI=1S/C14H26N2O6S2/c1-9-7-15(13(17)11(3)23(5,19)20)8-10(2)16(9)14(18)12(4)24(6,21)22/h9-12H,7-8H2,1-6H3/t9-,10+,11?,12?. The highest BCUT2D eigenvalue weighted by molar-refractivity contribution is 7.92. The van der Waals surface area contributed by atoms with E-state index in [0.717, 1.165) is 12.5 Å². The molecule has 0 aliphatic carbocycles. The number of carbonyl (C=O) groups excluding carboxylic acids is 2. The van der Waals surface area contributed by atoms with Crippen LogP contribution in [0.1, 0.15) is 27.7 Å². The van der Waals surface area contributed by atoms with E-state index in [-0.39, 0.29) is 13.1 Å². The first-order chi connectivity index (χ1) is 10.7. The molecule has 10 heteroatoms. The van der Waals surface area contributed by atoms with Gasteiger partial charge in [0.1, 0.15) is 10.5 Å². The lowest BCUT2D eigenvalue weighted by Gasteiger charge is -2.45. The molecule has 1 saturated heterocycles. The summed E-state index contributed by atoms with van der Waals surface area (Å²) >= 11 is 0. The largest absolute Gasteiger partial charge is 0.337 e. The number of sulfone groups is 2. The van der Waals surface area contributed by atoms with Crippen LogP contribution in [0, 0.1) is 0 Å². The molecule has 0 aromatic heterocycles. The Hall–Kier alpha value is -1.16. The van der Waals surface area contributed by atoms with E-state index < -0.39 is 54.1 Å². The van der Waals surface area contributed by atoms with Crippen molar-refractivity contribution >= 4 is 31.5 Å². The second kappa shape index (κ2) is 6.99. The predicted octanol–water partition coefficient (Wildman–Crippen LogP) is -0.700. The molecule has 1 aliphatic heterocycles. The summed E-state index contributed by atoms with van der Waals surface area (Å²) < 4.78 is 46.4. The van der Waals surface area contributed by atoms with Crippen LogP contribution in [0.2, 0.25) is 0 Å². The van der Waals surface area contributed by atoms with Crippen molar-refractivity contribution in [1.29, 1.82) is 0 Å². The maximum Gasteiger partial charge on any atom is 0.241 e. The van der Waals surface area contributed by atoms with Gasteiger partial charge in [0.25, 0.3) is 0 Å². The minimum absolute atomic E-state index is 0.172. The maximum absolute atomic E-state index is 12.5. The Bertz CT molecular complexity index is 704. The third kappa shape index (κ3) is 4.47. The van der Waals surface area contributed by atoms with Crippen LogP contribution in [-0.4, -0.2) is 86.6 Å². The molecule has 0 aromatic carbocycles. The summed E-state index contributed by atoms with van der Waals surface area (Å²) in [6.45, 7) is 6.47.